The van der Waals surface area contributed by atoms with Gasteiger partial charge in [0.05, 0.1) is 0 Å². The number of nitrogens with zero attached hydrogens (tertiary/aromatic N) is 1. The zero-order chi connectivity index (χ0) is 22.0. The van der Waals surface area contributed by atoms with Gasteiger partial charge in [-0.15, -0.1) is 0 Å². The number of carbonyl (C=O) groups is 2. The van der Waals surface area contributed by atoms with Crippen LogP contribution in [0.1, 0.15) is 33.3 Å². The SMILES string of the molecule is C=C1C(C)=C(C(=O)NCCN(CC)CC)C(C)=C1/C=C1\C(=O)Nc2ccc(F)cc21. The van der Waals surface area contributed by atoms with Crippen molar-refractivity contribution in [3.8, 4) is 0 Å². The van der Waals surface area contributed by atoms with Crippen molar-refractivity contribution in [1.29, 1.82) is 0 Å². The number of anilines is 1. The summed E-state index contributed by atoms with van der Waals surface area (Å²) in [6.45, 7) is 15.2. The number of likely N-dealkylation sites (N-methyl/N-ethyl adjacent to an activating group) is 1. The Morgan fingerprint density at radius 2 is 1.93 bits per heavy atom. The van der Waals surface area contributed by atoms with Crippen LogP contribution >= 0.6 is 0 Å². The summed E-state index contributed by atoms with van der Waals surface area (Å²) in [7, 11) is 0. The quantitative estimate of drug-likeness (QED) is 0.673. The Balaban J connectivity index is 1.86. The summed E-state index contributed by atoms with van der Waals surface area (Å²) < 4.78 is 13.7. The molecule has 6 heteroatoms. The van der Waals surface area contributed by atoms with Gasteiger partial charge in [-0.05, 0) is 73.5 Å². The molecule has 1 aliphatic heterocycles. The van der Waals surface area contributed by atoms with E-state index in [2.05, 4.69) is 36.0 Å². The summed E-state index contributed by atoms with van der Waals surface area (Å²) in [5.41, 5.74) is 5.03. The first-order valence-corrected chi connectivity index (χ1v) is 10.2. The number of hydrogen-bond donors (Lipinski definition) is 2. The molecule has 0 atom stereocenters. The minimum absolute atomic E-state index is 0.144. The largest absolute Gasteiger partial charge is 0.351 e. The molecule has 0 aromatic heterocycles. The zero-order valence-corrected chi connectivity index (χ0v) is 18.0. The molecular formula is C24H28FN3O2. The van der Waals surface area contributed by atoms with E-state index >= 15 is 0 Å². The van der Waals surface area contributed by atoms with Gasteiger partial charge in [0.1, 0.15) is 5.82 Å². The Bertz CT molecular complexity index is 1010. The van der Waals surface area contributed by atoms with E-state index < -0.39 is 5.82 Å². The van der Waals surface area contributed by atoms with E-state index in [0.29, 0.717) is 34.5 Å². The molecule has 0 bridgehead atoms. The van der Waals surface area contributed by atoms with E-state index in [-0.39, 0.29) is 11.8 Å². The molecule has 0 fully saturated rings. The lowest BCUT2D eigenvalue weighted by Gasteiger charge is -2.18. The maximum absolute atomic E-state index is 13.7. The predicted molar refractivity (Wildman–Crippen MR) is 118 cm³/mol. The number of rotatable bonds is 7. The van der Waals surface area contributed by atoms with Crippen LogP contribution in [-0.2, 0) is 9.59 Å². The van der Waals surface area contributed by atoms with E-state index in [0.717, 1.165) is 36.4 Å². The Morgan fingerprint density at radius 1 is 1.23 bits per heavy atom. The first kappa shape index (κ1) is 21.7. The van der Waals surface area contributed by atoms with E-state index in [1.807, 2.05) is 13.8 Å². The molecule has 2 N–H and O–H groups in total. The number of nitrogens with one attached hydrogen (secondary N) is 2. The highest BCUT2D eigenvalue weighted by Gasteiger charge is 2.30. The average molecular weight is 410 g/mol. The second-order valence-electron chi connectivity index (χ2n) is 7.50. The van der Waals surface area contributed by atoms with Crippen LogP contribution < -0.4 is 10.6 Å². The molecule has 0 unspecified atom stereocenters. The van der Waals surface area contributed by atoms with Crippen molar-refractivity contribution in [1.82, 2.24) is 10.2 Å². The van der Waals surface area contributed by atoms with Crippen molar-refractivity contribution >= 4 is 23.1 Å². The molecule has 0 radical (unpaired) electrons. The molecule has 2 aliphatic rings. The van der Waals surface area contributed by atoms with E-state index in [9.17, 15) is 14.0 Å². The summed E-state index contributed by atoms with van der Waals surface area (Å²) in [5, 5.41) is 5.74. The van der Waals surface area contributed by atoms with Crippen molar-refractivity contribution in [3.63, 3.8) is 0 Å². The highest BCUT2D eigenvalue weighted by molar-refractivity contribution is 6.32. The average Bonchev–Trinajstić information content (AvgIpc) is 3.13. The van der Waals surface area contributed by atoms with Crippen molar-refractivity contribution in [2.75, 3.05) is 31.5 Å². The van der Waals surface area contributed by atoms with Crippen LogP contribution in [0.25, 0.3) is 5.57 Å². The molecule has 1 aliphatic carbocycles. The van der Waals surface area contributed by atoms with E-state index in [1.165, 1.54) is 12.1 Å². The van der Waals surface area contributed by atoms with Crippen LogP contribution in [-0.4, -0.2) is 42.9 Å². The van der Waals surface area contributed by atoms with Gasteiger partial charge in [-0.3, -0.25) is 9.59 Å². The highest BCUT2D eigenvalue weighted by atomic mass is 19.1. The van der Waals surface area contributed by atoms with Crippen LogP contribution in [0.2, 0.25) is 0 Å². The smallest absolute Gasteiger partial charge is 0.256 e. The van der Waals surface area contributed by atoms with Crippen LogP contribution in [0, 0.1) is 5.82 Å². The number of allylic oxidation sites excluding steroid dienone is 4. The number of amides is 2. The van der Waals surface area contributed by atoms with Gasteiger partial charge < -0.3 is 15.5 Å². The first-order valence-electron chi connectivity index (χ1n) is 10.2. The Kier molecular flexibility index (Phi) is 6.37. The fraction of sp³-hybridized carbons (Fsp3) is 0.333. The summed E-state index contributed by atoms with van der Waals surface area (Å²) in [4.78, 5) is 27.5. The van der Waals surface area contributed by atoms with Gasteiger partial charge in [0.15, 0.2) is 0 Å². The van der Waals surface area contributed by atoms with Gasteiger partial charge in [0, 0.05) is 35.5 Å². The zero-order valence-electron chi connectivity index (χ0n) is 18.0. The number of halogens is 1. The standard InChI is InChI=1S/C24H28FN3O2/c1-6-28(7-2)11-10-26-24(30)22-15(4)14(3)18(16(22)5)13-20-19-12-17(25)8-9-21(19)27-23(20)29/h8-9,12-13H,3,6-7,10-11H2,1-2,4-5H3,(H,26,30)(H,27,29)/b20-13-. The Labute approximate surface area is 177 Å². The number of benzene rings is 1. The predicted octanol–water partition coefficient (Wildman–Crippen LogP) is 3.82. The molecule has 30 heavy (non-hydrogen) atoms. The van der Waals surface area contributed by atoms with Gasteiger partial charge in [0.2, 0.25) is 0 Å². The van der Waals surface area contributed by atoms with Crippen LogP contribution in [0.4, 0.5) is 10.1 Å². The summed E-state index contributed by atoms with van der Waals surface area (Å²) in [6, 6.07) is 4.20. The third-order valence-corrected chi connectivity index (χ3v) is 5.82. The topological polar surface area (TPSA) is 61.4 Å². The minimum atomic E-state index is -0.408. The third-order valence-electron chi connectivity index (χ3n) is 5.82. The number of carbonyl (C=O) groups excluding carboxylic acids is 2. The fourth-order valence-corrected chi connectivity index (χ4v) is 3.93. The van der Waals surface area contributed by atoms with Crippen LogP contribution in [0.5, 0.6) is 0 Å². The minimum Gasteiger partial charge on any atom is -0.351 e. The van der Waals surface area contributed by atoms with Gasteiger partial charge in [-0.1, -0.05) is 20.4 Å². The first-order chi connectivity index (χ1) is 14.3. The van der Waals surface area contributed by atoms with Crippen LogP contribution in [0.15, 0.2) is 58.7 Å². The number of fused-ring (bicyclic) bond motifs is 1. The lowest BCUT2D eigenvalue weighted by atomic mass is 9.99. The summed E-state index contributed by atoms with van der Waals surface area (Å²) in [5.74, 6) is -0.845. The molecule has 3 rings (SSSR count). The second kappa shape index (κ2) is 8.79. The number of hydrogen-bond acceptors (Lipinski definition) is 3. The van der Waals surface area contributed by atoms with Crippen molar-refractivity contribution < 1.29 is 14.0 Å². The molecule has 0 saturated carbocycles. The van der Waals surface area contributed by atoms with E-state index in [1.54, 1.807) is 12.1 Å². The normalized spacial score (nSPS) is 17.3. The second-order valence-corrected chi connectivity index (χ2v) is 7.50. The lowest BCUT2D eigenvalue weighted by Crippen LogP contribution is -2.35. The lowest BCUT2D eigenvalue weighted by molar-refractivity contribution is -0.117. The Morgan fingerprint density at radius 3 is 2.60 bits per heavy atom. The van der Waals surface area contributed by atoms with Crippen molar-refractivity contribution in [2.24, 2.45) is 0 Å². The molecule has 5 nitrogen and oxygen atoms in total. The maximum atomic E-state index is 13.7. The van der Waals surface area contributed by atoms with Crippen molar-refractivity contribution in [2.45, 2.75) is 27.7 Å². The highest BCUT2D eigenvalue weighted by Crippen LogP contribution is 2.40. The monoisotopic (exact) mass is 409 g/mol. The maximum Gasteiger partial charge on any atom is 0.256 e. The molecule has 0 spiro atoms. The molecule has 158 valence electrons. The molecule has 2 amide bonds. The van der Waals surface area contributed by atoms with Crippen molar-refractivity contribution in [3.05, 3.63) is 70.1 Å². The Hall–Kier alpha value is -2.99. The molecular weight excluding hydrogens is 381 g/mol. The van der Waals surface area contributed by atoms with Gasteiger partial charge in [-0.2, -0.15) is 0 Å². The third kappa shape index (κ3) is 4.00. The van der Waals surface area contributed by atoms with E-state index in [4.69, 9.17) is 0 Å². The van der Waals surface area contributed by atoms with Crippen LogP contribution in [0.3, 0.4) is 0 Å². The molecule has 0 saturated heterocycles. The molecule has 1 aromatic rings. The molecule has 1 heterocycles. The van der Waals surface area contributed by atoms with Gasteiger partial charge in [-0.25, -0.2) is 4.39 Å². The fourth-order valence-electron chi connectivity index (χ4n) is 3.93. The van der Waals surface area contributed by atoms with Gasteiger partial charge in [0.25, 0.3) is 11.8 Å². The summed E-state index contributed by atoms with van der Waals surface area (Å²) >= 11 is 0. The van der Waals surface area contributed by atoms with Gasteiger partial charge >= 0.3 is 0 Å². The molecule has 1 aromatic carbocycles. The summed E-state index contributed by atoms with van der Waals surface area (Å²) in [6.07, 6.45) is 1.71.